The van der Waals surface area contributed by atoms with Crippen LogP contribution in [0.3, 0.4) is 0 Å². The number of nitrogens with zero attached hydrogens (tertiary/aromatic N) is 2. The number of carbonyl (C=O) groups is 2. The molecule has 2 amide bonds. The fourth-order valence-electron chi connectivity index (χ4n) is 2.13. The van der Waals surface area contributed by atoms with Crippen molar-refractivity contribution in [3.05, 3.63) is 0 Å². The third kappa shape index (κ3) is 3.87. The Balaban J connectivity index is 2.48. The Kier molecular flexibility index (Phi) is 5.40. The van der Waals surface area contributed by atoms with Gasteiger partial charge in [0.25, 0.3) is 0 Å². The number of amides is 2. The summed E-state index contributed by atoms with van der Waals surface area (Å²) in [6.45, 7) is 3.25. The first-order valence-electron chi connectivity index (χ1n) is 6.40. The van der Waals surface area contributed by atoms with E-state index in [0.717, 1.165) is 12.8 Å². The number of likely N-dealkylation sites (N-methyl/N-ethyl adjacent to an activating group) is 1. The van der Waals surface area contributed by atoms with Crippen molar-refractivity contribution in [1.29, 1.82) is 0 Å². The van der Waals surface area contributed by atoms with Crippen molar-refractivity contribution in [3.63, 3.8) is 0 Å². The van der Waals surface area contributed by atoms with Crippen LogP contribution in [0, 0.1) is 0 Å². The van der Waals surface area contributed by atoms with Crippen molar-refractivity contribution in [2.75, 3.05) is 27.2 Å². The number of carbonyl (C=O) groups excluding carboxylic acids is 1. The Labute approximate surface area is 108 Å². The lowest BCUT2D eigenvalue weighted by atomic mass is 10.2. The molecule has 1 rings (SSSR count). The first kappa shape index (κ1) is 14.8. The number of aliphatic carboxylic acids is 1. The Bertz CT molecular complexity index is 307. The maximum atomic E-state index is 11.9. The van der Waals surface area contributed by atoms with Gasteiger partial charge < -0.3 is 20.2 Å². The number of carboxylic acids is 1. The van der Waals surface area contributed by atoms with Crippen molar-refractivity contribution in [1.82, 2.24) is 15.1 Å². The molecule has 6 nitrogen and oxygen atoms in total. The van der Waals surface area contributed by atoms with Crippen LogP contribution in [-0.4, -0.2) is 66.2 Å². The molecule has 0 aliphatic carbocycles. The number of rotatable bonds is 5. The molecular weight excluding hydrogens is 234 g/mol. The molecule has 1 aliphatic rings. The molecule has 6 heteroatoms. The highest BCUT2D eigenvalue weighted by molar-refractivity contribution is 5.82. The average molecular weight is 257 g/mol. The van der Waals surface area contributed by atoms with Gasteiger partial charge in [-0.3, -0.25) is 0 Å². The fraction of sp³-hybridized carbons (Fsp3) is 0.833. The maximum absolute atomic E-state index is 11.9. The average Bonchev–Trinajstić information content (AvgIpc) is 2.77. The summed E-state index contributed by atoms with van der Waals surface area (Å²) >= 11 is 0. The quantitative estimate of drug-likeness (QED) is 0.756. The van der Waals surface area contributed by atoms with Crippen molar-refractivity contribution in [3.8, 4) is 0 Å². The van der Waals surface area contributed by atoms with Crippen LogP contribution in [0.4, 0.5) is 4.79 Å². The van der Waals surface area contributed by atoms with E-state index >= 15 is 0 Å². The molecule has 1 fully saturated rings. The fourth-order valence-corrected chi connectivity index (χ4v) is 2.13. The van der Waals surface area contributed by atoms with Gasteiger partial charge in [-0.2, -0.15) is 0 Å². The number of carboxylic acid groups (broad SMARTS) is 1. The predicted molar refractivity (Wildman–Crippen MR) is 68.5 cm³/mol. The molecule has 0 aromatic carbocycles. The van der Waals surface area contributed by atoms with Crippen molar-refractivity contribution >= 4 is 12.0 Å². The molecule has 0 aromatic rings. The summed E-state index contributed by atoms with van der Waals surface area (Å²) in [5.74, 6) is -0.964. The minimum absolute atomic E-state index is 0.264. The second-order valence-electron chi connectivity index (χ2n) is 4.98. The first-order chi connectivity index (χ1) is 8.45. The zero-order valence-electron chi connectivity index (χ0n) is 11.3. The van der Waals surface area contributed by atoms with Crippen molar-refractivity contribution in [2.24, 2.45) is 0 Å². The van der Waals surface area contributed by atoms with Crippen LogP contribution in [-0.2, 0) is 4.79 Å². The van der Waals surface area contributed by atoms with Crippen LogP contribution >= 0.6 is 0 Å². The van der Waals surface area contributed by atoms with Crippen molar-refractivity contribution in [2.45, 2.75) is 38.3 Å². The molecule has 0 saturated carbocycles. The van der Waals surface area contributed by atoms with Gasteiger partial charge in [0.1, 0.15) is 6.04 Å². The summed E-state index contributed by atoms with van der Waals surface area (Å²) in [5.41, 5.74) is 0. The summed E-state index contributed by atoms with van der Waals surface area (Å²) in [4.78, 5) is 26.7. The second-order valence-corrected chi connectivity index (χ2v) is 4.98. The summed E-state index contributed by atoms with van der Waals surface area (Å²) in [6.07, 6.45) is 2.13. The van der Waals surface area contributed by atoms with Gasteiger partial charge in [0.2, 0.25) is 0 Å². The van der Waals surface area contributed by atoms with Crippen molar-refractivity contribution < 1.29 is 14.7 Å². The van der Waals surface area contributed by atoms with E-state index in [2.05, 4.69) is 10.2 Å². The highest BCUT2D eigenvalue weighted by atomic mass is 16.4. The molecule has 1 heterocycles. The molecule has 0 radical (unpaired) electrons. The van der Waals surface area contributed by atoms with E-state index in [0.29, 0.717) is 25.6 Å². The molecule has 0 aromatic heterocycles. The zero-order chi connectivity index (χ0) is 13.7. The monoisotopic (exact) mass is 257 g/mol. The Hall–Kier alpha value is -1.30. The van der Waals surface area contributed by atoms with Gasteiger partial charge in [-0.15, -0.1) is 0 Å². The summed E-state index contributed by atoms with van der Waals surface area (Å²) < 4.78 is 0. The number of nitrogens with one attached hydrogen (secondary N) is 1. The Morgan fingerprint density at radius 2 is 2.17 bits per heavy atom. The van der Waals surface area contributed by atoms with Gasteiger partial charge >= 0.3 is 12.0 Å². The third-order valence-electron chi connectivity index (χ3n) is 3.35. The molecule has 2 unspecified atom stereocenters. The van der Waals surface area contributed by atoms with Gasteiger partial charge in [0, 0.05) is 19.1 Å². The largest absolute Gasteiger partial charge is 0.480 e. The lowest BCUT2D eigenvalue weighted by molar-refractivity contribution is -0.139. The van der Waals surface area contributed by atoms with E-state index in [-0.39, 0.29) is 6.03 Å². The molecule has 2 N–H and O–H groups in total. The minimum Gasteiger partial charge on any atom is -0.480 e. The molecule has 1 saturated heterocycles. The number of hydrogen-bond acceptors (Lipinski definition) is 3. The van der Waals surface area contributed by atoms with Gasteiger partial charge in [-0.25, -0.2) is 9.59 Å². The van der Waals surface area contributed by atoms with Crippen LogP contribution in [0.25, 0.3) is 0 Å². The second kappa shape index (κ2) is 6.58. The predicted octanol–water partition coefficient (Wildman–Crippen LogP) is 0.585. The topological polar surface area (TPSA) is 72.9 Å². The highest BCUT2D eigenvalue weighted by Crippen LogP contribution is 2.13. The highest BCUT2D eigenvalue weighted by Gasteiger charge is 2.29. The zero-order valence-corrected chi connectivity index (χ0v) is 11.3. The molecule has 1 aliphatic heterocycles. The lowest BCUT2D eigenvalue weighted by Crippen LogP contribution is -2.47. The van der Waals surface area contributed by atoms with Crippen LogP contribution in [0.2, 0.25) is 0 Å². The summed E-state index contributed by atoms with van der Waals surface area (Å²) in [6, 6.07) is -0.675. The molecular formula is C12H23N3O3. The van der Waals surface area contributed by atoms with E-state index in [1.807, 2.05) is 21.0 Å². The molecule has 2 atom stereocenters. The molecule has 0 spiro atoms. The SMILES string of the molecule is CCCC(NC(=O)N1CCC(N(C)C)C1)C(=O)O. The Morgan fingerprint density at radius 3 is 2.61 bits per heavy atom. The van der Waals surface area contributed by atoms with E-state index in [1.165, 1.54) is 0 Å². The number of hydrogen-bond donors (Lipinski definition) is 2. The molecule has 0 bridgehead atoms. The lowest BCUT2D eigenvalue weighted by Gasteiger charge is -2.22. The van der Waals surface area contributed by atoms with Gasteiger partial charge in [-0.1, -0.05) is 13.3 Å². The van der Waals surface area contributed by atoms with Gasteiger partial charge in [0.05, 0.1) is 0 Å². The number of urea groups is 1. The van der Waals surface area contributed by atoms with Crippen LogP contribution < -0.4 is 5.32 Å². The Morgan fingerprint density at radius 1 is 1.50 bits per heavy atom. The van der Waals surface area contributed by atoms with Crippen LogP contribution in [0.5, 0.6) is 0 Å². The maximum Gasteiger partial charge on any atom is 0.326 e. The van der Waals surface area contributed by atoms with Crippen LogP contribution in [0.1, 0.15) is 26.2 Å². The third-order valence-corrected chi connectivity index (χ3v) is 3.35. The van der Waals surface area contributed by atoms with E-state index in [4.69, 9.17) is 5.11 Å². The normalized spacial score (nSPS) is 21.1. The van der Waals surface area contributed by atoms with Crippen LogP contribution in [0.15, 0.2) is 0 Å². The van der Waals surface area contributed by atoms with Gasteiger partial charge in [0.15, 0.2) is 0 Å². The molecule has 18 heavy (non-hydrogen) atoms. The van der Waals surface area contributed by atoms with Gasteiger partial charge in [-0.05, 0) is 26.9 Å². The smallest absolute Gasteiger partial charge is 0.326 e. The van der Waals surface area contributed by atoms with E-state index in [9.17, 15) is 9.59 Å². The standard InChI is InChI=1S/C12H23N3O3/c1-4-5-10(11(16)17)13-12(18)15-7-6-9(8-15)14(2)3/h9-10H,4-8H2,1-3H3,(H,13,18)(H,16,17). The van der Waals surface area contributed by atoms with E-state index in [1.54, 1.807) is 4.90 Å². The summed E-state index contributed by atoms with van der Waals surface area (Å²) in [7, 11) is 3.98. The number of likely N-dealkylation sites (tertiary alicyclic amines) is 1. The van der Waals surface area contributed by atoms with E-state index < -0.39 is 12.0 Å². The first-order valence-corrected chi connectivity index (χ1v) is 6.40. The minimum atomic E-state index is -0.964. The molecule has 104 valence electrons. The summed E-state index contributed by atoms with van der Waals surface area (Å²) in [5, 5.41) is 11.6.